The van der Waals surface area contributed by atoms with E-state index in [4.69, 9.17) is 4.42 Å². The van der Waals surface area contributed by atoms with Crippen LogP contribution in [0.5, 0.6) is 0 Å². The van der Waals surface area contributed by atoms with Crippen molar-refractivity contribution in [1.29, 1.82) is 0 Å². The van der Waals surface area contributed by atoms with Crippen LogP contribution in [0.2, 0.25) is 0 Å². The van der Waals surface area contributed by atoms with Gasteiger partial charge < -0.3 is 4.42 Å². The number of benzene rings is 2. The first-order valence-corrected chi connectivity index (χ1v) is 7.31. The minimum absolute atomic E-state index is 0.0296. The first kappa shape index (κ1) is 13.7. The Hall–Kier alpha value is -2.28. The summed E-state index contributed by atoms with van der Waals surface area (Å²) in [5.41, 5.74) is 3.47. The lowest BCUT2D eigenvalue weighted by atomic mass is 9.88. The quantitative estimate of drug-likeness (QED) is 0.567. The van der Waals surface area contributed by atoms with Crippen molar-refractivity contribution in [3.8, 4) is 22.5 Å². The molecule has 3 rings (SSSR count). The smallest absolute Gasteiger partial charge is 0.134 e. The Morgan fingerprint density at radius 3 is 1.76 bits per heavy atom. The molecule has 0 atom stereocenters. The normalized spacial score (nSPS) is 11.6. The molecule has 0 spiro atoms. The Balaban J connectivity index is 2.17. The van der Waals surface area contributed by atoms with Crippen LogP contribution < -0.4 is 0 Å². The van der Waals surface area contributed by atoms with Gasteiger partial charge in [0.15, 0.2) is 0 Å². The van der Waals surface area contributed by atoms with Crippen molar-refractivity contribution < 1.29 is 4.42 Å². The summed E-state index contributed by atoms with van der Waals surface area (Å²) < 4.78 is 6.22. The molecule has 2 aromatic carbocycles. The maximum Gasteiger partial charge on any atom is 0.134 e. The van der Waals surface area contributed by atoms with Gasteiger partial charge in [0.2, 0.25) is 0 Å². The topological polar surface area (TPSA) is 13.1 Å². The fourth-order valence-corrected chi connectivity index (χ4v) is 2.52. The van der Waals surface area contributed by atoms with E-state index in [-0.39, 0.29) is 5.41 Å². The SMILES string of the molecule is CC(C)(C)c1oc(-c2ccccc2)cc1-c1ccccc1. The van der Waals surface area contributed by atoms with E-state index in [2.05, 4.69) is 63.2 Å². The summed E-state index contributed by atoms with van der Waals surface area (Å²) in [6, 6.07) is 22.9. The van der Waals surface area contributed by atoms with E-state index in [0.717, 1.165) is 17.1 Å². The molecule has 0 saturated heterocycles. The van der Waals surface area contributed by atoms with Crippen LogP contribution in [-0.2, 0) is 5.41 Å². The summed E-state index contributed by atoms with van der Waals surface area (Å²) in [6.07, 6.45) is 0. The summed E-state index contributed by atoms with van der Waals surface area (Å²) >= 11 is 0. The highest BCUT2D eigenvalue weighted by atomic mass is 16.3. The zero-order chi connectivity index (χ0) is 14.9. The molecule has 1 heterocycles. The van der Waals surface area contributed by atoms with E-state index < -0.39 is 0 Å². The van der Waals surface area contributed by atoms with Crippen LogP contribution in [0.1, 0.15) is 26.5 Å². The van der Waals surface area contributed by atoms with Gasteiger partial charge in [-0.3, -0.25) is 0 Å². The van der Waals surface area contributed by atoms with E-state index >= 15 is 0 Å². The maximum atomic E-state index is 6.22. The molecule has 1 heteroatoms. The van der Waals surface area contributed by atoms with E-state index in [0.29, 0.717) is 0 Å². The van der Waals surface area contributed by atoms with Crippen LogP contribution >= 0.6 is 0 Å². The largest absolute Gasteiger partial charge is 0.460 e. The van der Waals surface area contributed by atoms with Crippen LogP contribution in [0.25, 0.3) is 22.5 Å². The zero-order valence-corrected chi connectivity index (χ0v) is 12.8. The van der Waals surface area contributed by atoms with Gasteiger partial charge in [-0.1, -0.05) is 81.4 Å². The van der Waals surface area contributed by atoms with Crippen molar-refractivity contribution in [2.24, 2.45) is 0 Å². The van der Waals surface area contributed by atoms with Crippen molar-refractivity contribution in [2.45, 2.75) is 26.2 Å². The lowest BCUT2D eigenvalue weighted by molar-refractivity contribution is 0.418. The van der Waals surface area contributed by atoms with Crippen molar-refractivity contribution >= 4 is 0 Å². The van der Waals surface area contributed by atoms with Gasteiger partial charge in [-0.15, -0.1) is 0 Å². The molecule has 0 saturated carbocycles. The van der Waals surface area contributed by atoms with Gasteiger partial charge in [-0.2, -0.15) is 0 Å². The van der Waals surface area contributed by atoms with E-state index in [1.54, 1.807) is 0 Å². The molecule has 1 nitrogen and oxygen atoms in total. The standard InChI is InChI=1S/C20H20O/c1-20(2,3)19-17(15-10-6-4-7-11-15)14-18(21-19)16-12-8-5-9-13-16/h4-14H,1-3H3. The Labute approximate surface area is 126 Å². The van der Waals surface area contributed by atoms with Crippen LogP contribution in [0.15, 0.2) is 71.1 Å². The fraction of sp³-hybridized carbons (Fsp3) is 0.200. The molecular weight excluding hydrogens is 256 g/mol. The minimum Gasteiger partial charge on any atom is -0.460 e. The zero-order valence-electron chi connectivity index (χ0n) is 12.8. The predicted octanol–water partition coefficient (Wildman–Crippen LogP) is 5.91. The Morgan fingerprint density at radius 2 is 1.24 bits per heavy atom. The summed E-state index contributed by atoms with van der Waals surface area (Å²) in [5, 5.41) is 0. The van der Waals surface area contributed by atoms with Crippen LogP contribution in [0.3, 0.4) is 0 Å². The van der Waals surface area contributed by atoms with Crippen LogP contribution in [0, 0.1) is 0 Å². The highest BCUT2D eigenvalue weighted by molar-refractivity contribution is 5.73. The molecule has 0 aliphatic rings. The molecule has 0 fully saturated rings. The third kappa shape index (κ3) is 2.78. The summed E-state index contributed by atoms with van der Waals surface area (Å²) in [5.74, 6) is 1.96. The lowest BCUT2D eigenvalue weighted by Crippen LogP contribution is -2.10. The first-order valence-electron chi connectivity index (χ1n) is 7.31. The van der Waals surface area contributed by atoms with Crippen molar-refractivity contribution in [3.05, 3.63) is 72.5 Å². The predicted molar refractivity (Wildman–Crippen MR) is 88.3 cm³/mol. The summed E-state index contributed by atoms with van der Waals surface area (Å²) in [7, 11) is 0. The van der Waals surface area contributed by atoms with Gasteiger partial charge in [0, 0.05) is 16.5 Å². The first-order chi connectivity index (χ1) is 10.1. The maximum absolute atomic E-state index is 6.22. The van der Waals surface area contributed by atoms with Gasteiger partial charge in [-0.25, -0.2) is 0 Å². The highest BCUT2D eigenvalue weighted by Crippen LogP contribution is 2.38. The van der Waals surface area contributed by atoms with Crippen LogP contribution in [0.4, 0.5) is 0 Å². The second-order valence-electron chi connectivity index (χ2n) is 6.34. The van der Waals surface area contributed by atoms with E-state index in [1.807, 2.05) is 24.3 Å². The van der Waals surface area contributed by atoms with Gasteiger partial charge in [0.05, 0.1) is 0 Å². The fourth-order valence-electron chi connectivity index (χ4n) is 2.52. The van der Waals surface area contributed by atoms with Gasteiger partial charge >= 0.3 is 0 Å². The number of furan rings is 1. The molecule has 21 heavy (non-hydrogen) atoms. The Morgan fingerprint density at radius 1 is 0.714 bits per heavy atom. The van der Waals surface area contributed by atoms with Crippen molar-refractivity contribution in [1.82, 2.24) is 0 Å². The van der Waals surface area contributed by atoms with Gasteiger partial charge in [0.25, 0.3) is 0 Å². The molecule has 0 aliphatic heterocycles. The van der Waals surface area contributed by atoms with Crippen molar-refractivity contribution in [2.75, 3.05) is 0 Å². The Kier molecular flexibility index (Phi) is 3.42. The summed E-state index contributed by atoms with van der Waals surface area (Å²) in [4.78, 5) is 0. The molecule has 0 N–H and O–H groups in total. The lowest BCUT2D eigenvalue weighted by Gasteiger charge is -2.17. The van der Waals surface area contributed by atoms with E-state index in [9.17, 15) is 0 Å². The molecular formula is C20H20O. The average Bonchev–Trinajstić information content (AvgIpc) is 2.94. The molecule has 1 aromatic heterocycles. The molecule has 0 unspecified atom stereocenters. The van der Waals surface area contributed by atoms with E-state index in [1.165, 1.54) is 11.1 Å². The highest BCUT2D eigenvalue weighted by Gasteiger charge is 2.24. The van der Waals surface area contributed by atoms with Crippen molar-refractivity contribution in [3.63, 3.8) is 0 Å². The summed E-state index contributed by atoms with van der Waals surface area (Å²) in [6.45, 7) is 6.56. The molecule has 0 amide bonds. The monoisotopic (exact) mass is 276 g/mol. The number of hydrogen-bond acceptors (Lipinski definition) is 1. The molecule has 0 bridgehead atoms. The number of rotatable bonds is 2. The second kappa shape index (κ2) is 5.25. The van der Waals surface area contributed by atoms with Crippen LogP contribution in [-0.4, -0.2) is 0 Å². The third-order valence-corrected chi connectivity index (χ3v) is 3.56. The Bertz CT molecular complexity index is 716. The molecule has 106 valence electrons. The second-order valence-corrected chi connectivity index (χ2v) is 6.34. The van der Waals surface area contributed by atoms with Gasteiger partial charge in [0.1, 0.15) is 11.5 Å². The molecule has 0 aliphatic carbocycles. The van der Waals surface area contributed by atoms with Gasteiger partial charge in [-0.05, 0) is 11.6 Å². The minimum atomic E-state index is -0.0296. The number of hydrogen-bond donors (Lipinski definition) is 0. The average molecular weight is 276 g/mol. The third-order valence-electron chi connectivity index (χ3n) is 3.56. The molecule has 3 aromatic rings. The molecule has 0 radical (unpaired) electrons.